The molecule has 0 amide bonds. The highest BCUT2D eigenvalue weighted by molar-refractivity contribution is 5.91. The Hall–Kier alpha value is -2.31. The number of carbonyl (C=O) groups is 1. The summed E-state index contributed by atoms with van der Waals surface area (Å²) in [5, 5.41) is 4.50. The first kappa shape index (κ1) is 15.0. The van der Waals surface area contributed by atoms with E-state index in [1.54, 1.807) is 4.57 Å². The molecule has 130 valence electrons. The van der Waals surface area contributed by atoms with Gasteiger partial charge in [0.15, 0.2) is 0 Å². The number of hydrogen-bond acceptors (Lipinski definition) is 3. The Morgan fingerprint density at radius 3 is 2.44 bits per heavy atom. The van der Waals surface area contributed by atoms with E-state index in [9.17, 15) is 18.4 Å². The maximum Gasteiger partial charge on any atom is 0.347 e. The second-order valence-electron chi connectivity index (χ2n) is 7.98. The van der Waals surface area contributed by atoms with Gasteiger partial charge in [0.25, 0.3) is 0 Å². The molecule has 1 aromatic carbocycles. The summed E-state index contributed by atoms with van der Waals surface area (Å²) >= 11 is 0. The van der Waals surface area contributed by atoms with Crippen molar-refractivity contribution in [2.75, 3.05) is 0 Å². The predicted octanol–water partition coefficient (Wildman–Crippen LogP) is 2.33. The molecule has 1 aliphatic heterocycles. The number of halogens is 2. The van der Waals surface area contributed by atoms with Crippen LogP contribution in [0.2, 0.25) is 0 Å². The fraction of sp³-hybridized carbons (Fsp3) is 0.500. The number of aryl methyl sites for hydroxylation is 1. The maximum absolute atomic E-state index is 13.6. The number of nitrogens with zero attached hydrogens (tertiary/aromatic N) is 3. The summed E-state index contributed by atoms with van der Waals surface area (Å²) in [6, 6.07) is 2.94. The van der Waals surface area contributed by atoms with Crippen molar-refractivity contribution >= 4 is 5.78 Å². The lowest BCUT2D eigenvalue weighted by Crippen LogP contribution is -2.49. The third-order valence-corrected chi connectivity index (χ3v) is 6.15. The van der Waals surface area contributed by atoms with Gasteiger partial charge < -0.3 is 0 Å². The van der Waals surface area contributed by atoms with Crippen molar-refractivity contribution in [2.24, 2.45) is 5.41 Å². The molecule has 3 fully saturated rings. The minimum atomic E-state index is -0.654. The van der Waals surface area contributed by atoms with Gasteiger partial charge in [0, 0.05) is 24.3 Å². The molecular weight excluding hydrogens is 328 g/mol. The van der Waals surface area contributed by atoms with Gasteiger partial charge >= 0.3 is 5.69 Å². The van der Waals surface area contributed by atoms with Gasteiger partial charge in [0.2, 0.25) is 0 Å². The van der Waals surface area contributed by atoms with Crippen molar-refractivity contribution in [2.45, 2.75) is 50.6 Å². The molecule has 25 heavy (non-hydrogen) atoms. The highest BCUT2D eigenvalue weighted by atomic mass is 19.1. The van der Waals surface area contributed by atoms with Crippen LogP contribution >= 0.6 is 0 Å². The van der Waals surface area contributed by atoms with E-state index in [4.69, 9.17) is 0 Å². The summed E-state index contributed by atoms with van der Waals surface area (Å²) in [6.07, 6.45) is 2.80. The average molecular weight is 345 g/mol. The number of fused-ring (bicyclic) bond motifs is 2. The SMILES string of the molecule is CC12CC(n3nc4n(c3=O)[C@H](c3cc(F)cc(F)c3)CC4)(CC1=O)C2. The van der Waals surface area contributed by atoms with Gasteiger partial charge in [0.05, 0.1) is 11.6 Å². The van der Waals surface area contributed by atoms with E-state index >= 15 is 0 Å². The molecule has 7 heteroatoms. The Morgan fingerprint density at radius 2 is 1.84 bits per heavy atom. The summed E-state index contributed by atoms with van der Waals surface area (Å²) in [7, 11) is 0. The standard InChI is InChI=1S/C18H17F2N3O2/c1-17-8-18(9-17,7-14(17)24)23-16(25)22-13(2-3-15(22)21-23)10-4-11(19)6-12(20)5-10/h4-6,13H,2-3,7-9H2,1H3/t13-,17?,18?/m0/s1. The quantitative estimate of drug-likeness (QED) is 0.839. The fourth-order valence-corrected chi connectivity index (χ4v) is 5.15. The lowest BCUT2D eigenvalue weighted by molar-refractivity contribution is -0.125. The van der Waals surface area contributed by atoms with Crippen molar-refractivity contribution in [3.63, 3.8) is 0 Å². The van der Waals surface area contributed by atoms with Crippen molar-refractivity contribution in [1.29, 1.82) is 0 Å². The molecule has 3 aliphatic carbocycles. The largest absolute Gasteiger partial charge is 0.347 e. The van der Waals surface area contributed by atoms with E-state index in [1.165, 1.54) is 16.8 Å². The molecule has 0 N–H and O–H groups in total. The zero-order chi connectivity index (χ0) is 17.6. The lowest BCUT2D eigenvalue weighted by atomic mass is 9.66. The normalized spacial score (nSPS) is 32.8. The minimum Gasteiger partial charge on any atom is -0.299 e. The van der Waals surface area contributed by atoms with Crippen molar-refractivity contribution in [3.05, 3.63) is 51.7 Å². The number of carbonyl (C=O) groups excluding carboxylic acids is 1. The Bertz CT molecular complexity index is 964. The second-order valence-corrected chi connectivity index (χ2v) is 7.98. The van der Waals surface area contributed by atoms with Crippen LogP contribution in [-0.2, 0) is 16.8 Å². The topological polar surface area (TPSA) is 56.9 Å². The minimum absolute atomic E-state index is 0.191. The average Bonchev–Trinajstić information content (AvgIpc) is 3.17. The van der Waals surface area contributed by atoms with E-state index in [1.807, 2.05) is 6.92 Å². The van der Waals surface area contributed by atoms with Gasteiger partial charge in [-0.2, -0.15) is 5.10 Å². The fourth-order valence-electron chi connectivity index (χ4n) is 5.15. The number of Topliss-reactive ketones (excluding diaryl/α,β-unsaturated/α-hetero) is 1. The van der Waals surface area contributed by atoms with Crippen LogP contribution in [0, 0.1) is 17.0 Å². The molecule has 0 spiro atoms. The molecule has 2 bridgehead atoms. The Kier molecular flexibility index (Phi) is 2.67. The van der Waals surface area contributed by atoms with E-state index < -0.39 is 23.2 Å². The van der Waals surface area contributed by atoms with E-state index in [0.29, 0.717) is 43.5 Å². The third kappa shape index (κ3) is 1.84. The lowest BCUT2D eigenvalue weighted by Gasteiger charge is -2.43. The van der Waals surface area contributed by atoms with Crippen LogP contribution in [0.4, 0.5) is 8.78 Å². The number of hydrogen-bond donors (Lipinski definition) is 0. The second kappa shape index (κ2) is 4.45. The Morgan fingerprint density at radius 1 is 1.16 bits per heavy atom. The highest BCUT2D eigenvalue weighted by Gasteiger charge is 2.66. The Labute approximate surface area is 142 Å². The highest BCUT2D eigenvalue weighted by Crippen LogP contribution is 2.62. The molecule has 1 aromatic heterocycles. The summed E-state index contributed by atoms with van der Waals surface area (Å²) in [5.41, 5.74) is -0.661. The molecule has 0 radical (unpaired) electrons. The first-order valence-electron chi connectivity index (χ1n) is 8.52. The van der Waals surface area contributed by atoms with Crippen LogP contribution < -0.4 is 5.69 Å². The number of benzene rings is 1. The Balaban J connectivity index is 1.59. The van der Waals surface area contributed by atoms with E-state index in [0.717, 1.165) is 6.07 Å². The molecular formula is C18H17F2N3O2. The summed E-state index contributed by atoms with van der Waals surface area (Å²) in [5.74, 6) is -0.490. The summed E-state index contributed by atoms with van der Waals surface area (Å²) in [6.45, 7) is 1.94. The molecule has 1 atom stereocenters. The van der Waals surface area contributed by atoms with Gasteiger partial charge in [-0.05, 0) is 37.0 Å². The van der Waals surface area contributed by atoms with E-state index in [2.05, 4.69) is 5.10 Å². The molecule has 4 aliphatic rings. The van der Waals surface area contributed by atoms with Crippen molar-refractivity contribution in [3.8, 4) is 0 Å². The van der Waals surface area contributed by atoms with Crippen LogP contribution in [0.25, 0.3) is 0 Å². The predicted molar refractivity (Wildman–Crippen MR) is 84.2 cm³/mol. The van der Waals surface area contributed by atoms with E-state index in [-0.39, 0.29) is 16.9 Å². The molecule has 2 aromatic rings. The van der Waals surface area contributed by atoms with Crippen LogP contribution in [0.1, 0.15) is 50.0 Å². The zero-order valence-electron chi connectivity index (χ0n) is 13.8. The van der Waals surface area contributed by atoms with Crippen molar-refractivity contribution in [1.82, 2.24) is 14.3 Å². The molecule has 5 nitrogen and oxygen atoms in total. The van der Waals surface area contributed by atoms with Crippen LogP contribution in [0.5, 0.6) is 0 Å². The monoisotopic (exact) mass is 345 g/mol. The van der Waals surface area contributed by atoms with Gasteiger partial charge in [-0.25, -0.2) is 18.3 Å². The molecule has 2 heterocycles. The summed E-state index contributed by atoms with van der Waals surface area (Å²) < 4.78 is 30.2. The number of aromatic nitrogens is 3. The maximum atomic E-state index is 13.6. The van der Waals surface area contributed by atoms with Crippen LogP contribution in [0.15, 0.2) is 23.0 Å². The molecule has 0 unspecified atom stereocenters. The molecule has 6 rings (SSSR count). The van der Waals surface area contributed by atoms with Crippen LogP contribution in [0.3, 0.4) is 0 Å². The van der Waals surface area contributed by atoms with Crippen LogP contribution in [-0.4, -0.2) is 20.1 Å². The number of rotatable bonds is 2. The first-order valence-corrected chi connectivity index (χ1v) is 8.52. The van der Waals surface area contributed by atoms with Gasteiger partial charge in [-0.1, -0.05) is 6.92 Å². The van der Waals surface area contributed by atoms with Gasteiger partial charge in [0.1, 0.15) is 23.2 Å². The molecule has 3 saturated carbocycles. The third-order valence-electron chi connectivity index (χ3n) is 6.15. The molecule has 0 saturated heterocycles. The number of ketones is 1. The summed E-state index contributed by atoms with van der Waals surface area (Å²) in [4.78, 5) is 25.1. The van der Waals surface area contributed by atoms with Gasteiger partial charge in [-0.15, -0.1) is 0 Å². The van der Waals surface area contributed by atoms with Gasteiger partial charge in [-0.3, -0.25) is 9.36 Å². The smallest absolute Gasteiger partial charge is 0.299 e. The zero-order valence-corrected chi connectivity index (χ0v) is 13.8. The van der Waals surface area contributed by atoms with Crippen molar-refractivity contribution < 1.29 is 13.6 Å². The first-order chi connectivity index (χ1) is 11.8.